The molecule has 28 heavy (non-hydrogen) atoms. The minimum Gasteiger partial charge on any atom is -0.314 e. The van der Waals surface area contributed by atoms with E-state index in [1.54, 1.807) is 30.0 Å². The number of H-pyrrole nitrogens is 2. The van der Waals surface area contributed by atoms with Crippen LogP contribution in [-0.2, 0) is 20.0 Å². The first-order valence-electron chi connectivity index (χ1n) is 8.83. The Hall–Kier alpha value is -3.96. The van der Waals surface area contributed by atoms with Gasteiger partial charge in [-0.25, -0.2) is 9.97 Å². The Kier molecular flexibility index (Phi) is 2.85. The Labute approximate surface area is 156 Å². The van der Waals surface area contributed by atoms with Crippen LogP contribution >= 0.6 is 0 Å². The second kappa shape index (κ2) is 5.28. The number of hydrogen-bond donors (Lipinski definition) is 2. The summed E-state index contributed by atoms with van der Waals surface area (Å²) in [6, 6.07) is 0. The van der Waals surface area contributed by atoms with Crippen molar-refractivity contribution in [1.82, 2.24) is 49.5 Å². The first-order valence-corrected chi connectivity index (χ1v) is 8.83. The molecule has 6 aromatic rings. The molecule has 0 fully saturated rings. The zero-order chi connectivity index (χ0) is 18.8. The number of aromatic nitrogens is 12. The second-order valence-corrected chi connectivity index (χ2v) is 6.64. The number of hydrogen-bond acceptors (Lipinski definition) is 6. The van der Waals surface area contributed by atoms with Crippen molar-refractivity contribution in [3.05, 3.63) is 37.0 Å². The van der Waals surface area contributed by atoms with E-state index >= 15 is 0 Å². The molecule has 6 aromatic heterocycles. The highest BCUT2D eigenvalue weighted by atomic mass is 15.4. The molecule has 0 unspecified atom stereocenters. The number of nitrogens with zero attached hydrogens (tertiary/aromatic N) is 10. The van der Waals surface area contributed by atoms with Crippen LogP contribution in [-0.4, -0.2) is 49.5 Å². The minimum atomic E-state index is 0.611. The maximum atomic E-state index is 4.69. The van der Waals surface area contributed by atoms with E-state index in [0.29, 0.717) is 13.0 Å². The molecule has 0 aromatic carbocycles. The standard InChI is InChI=1S/C16H14N12/c1-9-23-28(16-12-14(18-6-20-16)21-7-26(9)12)4-3-10-24-25(2)15-11-13(17-5-19-15)22-8-27(10)11/h5-8H,3-4H2,1-2H3/p+2. The van der Waals surface area contributed by atoms with Crippen LogP contribution in [0.4, 0.5) is 0 Å². The molecule has 0 aliphatic heterocycles. The van der Waals surface area contributed by atoms with Gasteiger partial charge in [-0.1, -0.05) is 9.97 Å². The summed E-state index contributed by atoms with van der Waals surface area (Å²) in [6.45, 7) is 2.56. The maximum absolute atomic E-state index is 4.69. The lowest BCUT2D eigenvalue weighted by molar-refractivity contribution is -0.526. The average molecular weight is 376 g/mol. The molecule has 12 heteroatoms. The van der Waals surface area contributed by atoms with Gasteiger partial charge in [-0.15, -0.1) is 0 Å². The first kappa shape index (κ1) is 15.1. The maximum Gasteiger partial charge on any atom is 0.269 e. The fourth-order valence-electron chi connectivity index (χ4n) is 3.70. The molecule has 138 valence electrons. The highest BCUT2D eigenvalue weighted by Crippen LogP contribution is 2.13. The Bertz CT molecular complexity index is 1500. The molecule has 6 rings (SSSR count). The number of aryl methyl sites for hydroxylation is 4. The van der Waals surface area contributed by atoms with Crippen LogP contribution in [0.3, 0.4) is 0 Å². The van der Waals surface area contributed by atoms with Crippen molar-refractivity contribution in [2.24, 2.45) is 7.05 Å². The molecule has 0 amide bonds. The monoisotopic (exact) mass is 376 g/mol. The van der Waals surface area contributed by atoms with E-state index in [9.17, 15) is 0 Å². The average Bonchev–Trinajstić information content (AvgIpc) is 3.33. The topological polar surface area (TPSA) is 127 Å². The van der Waals surface area contributed by atoms with Gasteiger partial charge in [0, 0.05) is 14.0 Å². The predicted molar refractivity (Wildman–Crippen MR) is 95.1 cm³/mol. The van der Waals surface area contributed by atoms with Crippen molar-refractivity contribution < 1.29 is 8.80 Å². The van der Waals surface area contributed by atoms with E-state index in [0.717, 1.165) is 45.3 Å². The highest BCUT2D eigenvalue weighted by molar-refractivity contribution is 5.81. The summed E-state index contributed by atoms with van der Waals surface area (Å²) in [4.78, 5) is 23.8. The van der Waals surface area contributed by atoms with Crippen LogP contribution in [0.25, 0.3) is 33.6 Å². The SMILES string of the molecule is Cc1nn(CCc2nn(C)c3nc[nH]c4nc[n+]2c43)c2nc[nH]c3nc[n+]1c32. The molecule has 0 saturated heterocycles. The smallest absolute Gasteiger partial charge is 0.269 e. The summed E-state index contributed by atoms with van der Waals surface area (Å²) in [5, 5.41) is 9.37. The van der Waals surface area contributed by atoms with Gasteiger partial charge in [0.2, 0.25) is 35.0 Å². The van der Waals surface area contributed by atoms with Gasteiger partial charge in [0.25, 0.3) is 22.9 Å². The van der Waals surface area contributed by atoms with Gasteiger partial charge in [0.15, 0.2) is 0 Å². The lowest BCUT2D eigenvalue weighted by Crippen LogP contribution is -2.33. The molecule has 2 N–H and O–H groups in total. The molecule has 12 nitrogen and oxygen atoms in total. The number of aromatic amines is 2. The Morgan fingerprint density at radius 1 is 0.893 bits per heavy atom. The molecular formula is C16H16N12+2. The van der Waals surface area contributed by atoms with Gasteiger partial charge in [-0.3, -0.25) is 0 Å². The van der Waals surface area contributed by atoms with Crippen molar-refractivity contribution >= 4 is 33.6 Å². The van der Waals surface area contributed by atoms with E-state index in [2.05, 4.69) is 40.1 Å². The van der Waals surface area contributed by atoms with Crippen molar-refractivity contribution in [2.45, 2.75) is 19.9 Å². The van der Waals surface area contributed by atoms with Crippen molar-refractivity contribution in [1.29, 1.82) is 0 Å². The third-order valence-corrected chi connectivity index (χ3v) is 4.99. The number of nitrogens with one attached hydrogen (secondary N) is 2. The summed E-state index contributed by atoms with van der Waals surface area (Å²) in [5.41, 5.74) is 4.95. The summed E-state index contributed by atoms with van der Waals surface area (Å²) >= 11 is 0. The molecule has 0 radical (unpaired) electrons. The largest absolute Gasteiger partial charge is 0.314 e. The van der Waals surface area contributed by atoms with Gasteiger partial charge in [-0.05, 0) is 10.2 Å². The molecular weight excluding hydrogens is 360 g/mol. The van der Waals surface area contributed by atoms with Crippen LogP contribution in [0.5, 0.6) is 0 Å². The zero-order valence-corrected chi connectivity index (χ0v) is 15.2. The van der Waals surface area contributed by atoms with Gasteiger partial charge in [0.1, 0.15) is 0 Å². The summed E-state index contributed by atoms with van der Waals surface area (Å²) < 4.78 is 7.59. The third-order valence-electron chi connectivity index (χ3n) is 4.99. The quantitative estimate of drug-likeness (QED) is 0.389. The van der Waals surface area contributed by atoms with E-state index < -0.39 is 0 Å². The second-order valence-electron chi connectivity index (χ2n) is 6.64. The van der Waals surface area contributed by atoms with Crippen molar-refractivity contribution in [2.75, 3.05) is 0 Å². The fourth-order valence-corrected chi connectivity index (χ4v) is 3.70. The van der Waals surface area contributed by atoms with E-state index in [1.807, 2.05) is 27.5 Å². The fraction of sp³-hybridized carbons (Fsp3) is 0.250. The molecule has 0 aliphatic carbocycles. The minimum absolute atomic E-state index is 0.611. The summed E-state index contributed by atoms with van der Waals surface area (Å²) in [6.07, 6.45) is 7.44. The highest BCUT2D eigenvalue weighted by Gasteiger charge is 2.23. The van der Waals surface area contributed by atoms with Gasteiger partial charge < -0.3 is 9.97 Å². The van der Waals surface area contributed by atoms with Gasteiger partial charge in [-0.2, -0.15) is 18.2 Å². The lowest BCUT2D eigenvalue weighted by Gasteiger charge is -2.06. The predicted octanol–water partition coefficient (Wildman–Crippen LogP) is -0.812. The van der Waals surface area contributed by atoms with Crippen LogP contribution < -0.4 is 8.80 Å². The Morgan fingerprint density at radius 2 is 1.57 bits per heavy atom. The van der Waals surface area contributed by atoms with Crippen molar-refractivity contribution in [3.8, 4) is 0 Å². The van der Waals surface area contributed by atoms with Crippen LogP contribution in [0, 0.1) is 6.92 Å². The molecule has 0 spiro atoms. The van der Waals surface area contributed by atoms with E-state index in [1.165, 1.54) is 0 Å². The molecule has 0 aliphatic rings. The first-order chi connectivity index (χ1) is 13.7. The lowest BCUT2D eigenvalue weighted by atomic mass is 10.3. The van der Waals surface area contributed by atoms with Crippen LogP contribution in [0.15, 0.2) is 25.3 Å². The van der Waals surface area contributed by atoms with Gasteiger partial charge in [0.05, 0.1) is 25.6 Å². The molecule has 6 heterocycles. The van der Waals surface area contributed by atoms with Crippen molar-refractivity contribution in [3.63, 3.8) is 0 Å². The number of rotatable bonds is 3. The molecule has 0 atom stereocenters. The van der Waals surface area contributed by atoms with Crippen LogP contribution in [0.2, 0.25) is 0 Å². The van der Waals surface area contributed by atoms with Gasteiger partial charge >= 0.3 is 0 Å². The van der Waals surface area contributed by atoms with Crippen LogP contribution in [0.1, 0.15) is 11.6 Å². The Morgan fingerprint density at radius 3 is 2.36 bits per heavy atom. The normalized spacial score (nSPS) is 12.2. The van der Waals surface area contributed by atoms with E-state index in [4.69, 9.17) is 0 Å². The Balaban J connectivity index is 1.48. The third kappa shape index (κ3) is 1.93. The summed E-state index contributed by atoms with van der Waals surface area (Å²) in [5.74, 6) is 1.71. The van der Waals surface area contributed by atoms with E-state index in [-0.39, 0.29) is 0 Å². The summed E-state index contributed by atoms with van der Waals surface area (Å²) in [7, 11) is 1.89. The molecule has 0 saturated carbocycles. The zero-order valence-electron chi connectivity index (χ0n) is 15.2. The molecule has 0 bridgehead atoms. The number of imidazole rings is 2.